The van der Waals surface area contributed by atoms with Crippen LogP contribution in [0.2, 0.25) is 0 Å². The maximum absolute atomic E-state index is 12.1. The fraction of sp³-hybridized carbons (Fsp3) is 0.562. The minimum absolute atomic E-state index is 0.0728. The summed E-state index contributed by atoms with van der Waals surface area (Å²) < 4.78 is 63.9. The van der Waals surface area contributed by atoms with Crippen LogP contribution in [0.5, 0.6) is 5.75 Å². The van der Waals surface area contributed by atoms with Crippen molar-refractivity contribution in [1.82, 2.24) is 10.6 Å². The van der Waals surface area contributed by atoms with Crippen LogP contribution in [-0.4, -0.2) is 52.3 Å². The lowest BCUT2D eigenvalue weighted by Gasteiger charge is -2.15. The van der Waals surface area contributed by atoms with Crippen LogP contribution in [0, 0.1) is 5.92 Å². The van der Waals surface area contributed by atoms with Gasteiger partial charge in [-0.05, 0) is 30.0 Å². The van der Waals surface area contributed by atoms with Gasteiger partial charge < -0.3 is 15.4 Å². The topological polar surface area (TPSA) is 79.8 Å². The molecular formula is C16H22F3N3O3S. The molecule has 0 aliphatic carbocycles. The normalized spacial score (nSPS) is 20.0. The van der Waals surface area contributed by atoms with Crippen molar-refractivity contribution in [2.24, 2.45) is 10.9 Å². The minimum Gasteiger partial charge on any atom is -0.484 e. The summed E-state index contributed by atoms with van der Waals surface area (Å²) in [6, 6.07) is 6.27. The zero-order valence-electron chi connectivity index (χ0n) is 14.3. The molecule has 0 saturated carbocycles. The van der Waals surface area contributed by atoms with Gasteiger partial charge in [-0.2, -0.15) is 13.2 Å². The van der Waals surface area contributed by atoms with Crippen LogP contribution >= 0.6 is 0 Å². The maximum Gasteiger partial charge on any atom is 0.422 e. The van der Waals surface area contributed by atoms with Gasteiger partial charge in [0.15, 0.2) is 22.4 Å². The zero-order chi connectivity index (χ0) is 19.2. The van der Waals surface area contributed by atoms with E-state index in [9.17, 15) is 21.6 Å². The summed E-state index contributed by atoms with van der Waals surface area (Å²) in [6.45, 7) is -0.386. The molecule has 1 fully saturated rings. The second-order valence-corrected chi connectivity index (χ2v) is 8.35. The number of nitrogens with zero attached hydrogens (tertiary/aromatic N) is 1. The van der Waals surface area contributed by atoms with E-state index in [0.717, 1.165) is 5.56 Å². The van der Waals surface area contributed by atoms with E-state index in [0.29, 0.717) is 25.5 Å². The van der Waals surface area contributed by atoms with E-state index in [4.69, 9.17) is 0 Å². The first-order valence-electron chi connectivity index (χ1n) is 8.10. The van der Waals surface area contributed by atoms with Crippen LogP contribution in [0.4, 0.5) is 13.2 Å². The van der Waals surface area contributed by atoms with E-state index in [1.807, 2.05) is 0 Å². The van der Waals surface area contributed by atoms with Crippen molar-refractivity contribution in [3.63, 3.8) is 0 Å². The van der Waals surface area contributed by atoms with E-state index >= 15 is 0 Å². The largest absolute Gasteiger partial charge is 0.484 e. The van der Waals surface area contributed by atoms with Gasteiger partial charge in [-0.15, -0.1) is 0 Å². The first-order valence-corrected chi connectivity index (χ1v) is 9.92. The molecule has 0 amide bonds. The number of benzene rings is 1. The Morgan fingerprint density at radius 1 is 1.27 bits per heavy atom. The van der Waals surface area contributed by atoms with Gasteiger partial charge in [-0.25, -0.2) is 8.42 Å². The Morgan fingerprint density at radius 2 is 1.96 bits per heavy atom. The fourth-order valence-electron chi connectivity index (χ4n) is 2.55. The Hall–Kier alpha value is -1.97. The Labute approximate surface area is 150 Å². The van der Waals surface area contributed by atoms with Gasteiger partial charge in [-0.1, -0.05) is 12.1 Å². The highest BCUT2D eigenvalue weighted by molar-refractivity contribution is 7.91. The van der Waals surface area contributed by atoms with Crippen LogP contribution in [-0.2, 0) is 16.4 Å². The van der Waals surface area contributed by atoms with Gasteiger partial charge in [0.2, 0.25) is 0 Å². The quantitative estimate of drug-likeness (QED) is 0.568. The monoisotopic (exact) mass is 393 g/mol. The second-order valence-electron chi connectivity index (χ2n) is 6.12. The molecule has 0 radical (unpaired) electrons. The Bertz CT molecular complexity index is 718. The predicted molar refractivity (Wildman–Crippen MR) is 93.0 cm³/mol. The summed E-state index contributed by atoms with van der Waals surface area (Å²) in [5.41, 5.74) is 0.843. The third kappa shape index (κ3) is 7.11. The smallest absolute Gasteiger partial charge is 0.422 e. The van der Waals surface area contributed by atoms with E-state index in [1.54, 1.807) is 19.2 Å². The maximum atomic E-state index is 12.1. The van der Waals surface area contributed by atoms with Crippen LogP contribution in [0.25, 0.3) is 0 Å². The SMILES string of the molecule is CN=C(NCc1ccc(OCC(F)(F)F)cc1)NCC1CCS(=O)(=O)C1. The fourth-order valence-corrected chi connectivity index (χ4v) is 4.41. The number of aliphatic imine (C=N–C) groups is 1. The van der Waals surface area contributed by atoms with Crippen LogP contribution in [0.1, 0.15) is 12.0 Å². The third-order valence-corrected chi connectivity index (χ3v) is 5.73. The summed E-state index contributed by atoms with van der Waals surface area (Å²) in [6.07, 6.45) is -3.72. The number of rotatable bonds is 6. The van der Waals surface area contributed by atoms with E-state index < -0.39 is 22.6 Å². The second kappa shape index (κ2) is 8.61. The Kier molecular flexibility index (Phi) is 6.74. The average molecular weight is 393 g/mol. The van der Waals surface area contributed by atoms with Crippen molar-refractivity contribution >= 4 is 15.8 Å². The first kappa shape index (κ1) is 20.3. The number of hydrogen-bond donors (Lipinski definition) is 2. The number of guanidine groups is 1. The molecule has 1 heterocycles. The molecule has 6 nitrogen and oxygen atoms in total. The molecule has 0 aromatic heterocycles. The summed E-state index contributed by atoms with van der Waals surface area (Å²) in [4.78, 5) is 4.07. The molecular weight excluding hydrogens is 371 g/mol. The van der Waals surface area contributed by atoms with E-state index in [-0.39, 0.29) is 23.2 Å². The van der Waals surface area contributed by atoms with Crippen molar-refractivity contribution in [2.75, 3.05) is 31.7 Å². The highest BCUT2D eigenvalue weighted by atomic mass is 32.2. The summed E-state index contributed by atoms with van der Waals surface area (Å²) in [5, 5.41) is 6.17. The molecule has 1 aromatic rings. The molecule has 1 atom stereocenters. The van der Waals surface area contributed by atoms with E-state index in [1.165, 1.54) is 12.1 Å². The van der Waals surface area contributed by atoms with Crippen LogP contribution in [0.15, 0.2) is 29.3 Å². The molecule has 2 rings (SSSR count). The Morgan fingerprint density at radius 3 is 2.50 bits per heavy atom. The van der Waals surface area contributed by atoms with Crippen LogP contribution < -0.4 is 15.4 Å². The first-order chi connectivity index (χ1) is 12.2. The molecule has 1 aromatic carbocycles. The standard InChI is InChI=1S/C16H22F3N3O3S/c1-20-15(22-9-13-6-7-26(23,24)10-13)21-8-12-2-4-14(5-3-12)25-11-16(17,18)19/h2-5,13H,6-11H2,1H3,(H2,20,21,22). The number of nitrogens with one attached hydrogen (secondary N) is 2. The lowest BCUT2D eigenvalue weighted by atomic mass is 10.1. The minimum atomic E-state index is -4.36. The summed E-state index contributed by atoms with van der Waals surface area (Å²) in [7, 11) is -1.30. The van der Waals surface area contributed by atoms with Crippen molar-refractivity contribution in [2.45, 2.75) is 19.1 Å². The number of sulfone groups is 1. The average Bonchev–Trinajstić information content (AvgIpc) is 2.92. The molecule has 10 heteroatoms. The predicted octanol–water partition coefficient (Wildman–Crippen LogP) is 1.73. The number of alkyl halides is 3. The van der Waals surface area contributed by atoms with Gasteiger partial charge in [0, 0.05) is 20.1 Å². The van der Waals surface area contributed by atoms with Crippen molar-refractivity contribution < 1.29 is 26.3 Å². The van der Waals surface area contributed by atoms with Crippen molar-refractivity contribution in [3.8, 4) is 5.75 Å². The number of halogens is 3. The number of hydrogen-bond acceptors (Lipinski definition) is 4. The van der Waals surface area contributed by atoms with Crippen molar-refractivity contribution in [1.29, 1.82) is 0 Å². The Balaban J connectivity index is 1.76. The van der Waals surface area contributed by atoms with Gasteiger partial charge in [-0.3, -0.25) is 4.99 Å². The van der Waals surface area contributed by atoms with Crippen LogP contribution in [0.3, 0.4) is 0 Å². The molecule has 1 saturated heterocycles. The summed E-state index contributed by atoms with van der Waals surface area (Å²) >= 11 is 0. The molecule has 26 heavy (non-hydrogen) atoms. The highest BCUT2D eigenvalue weighted by Gasteiger charge is 2.28. The molecule has 1 aliphatic rings. The van der Waals surface area contributed by atoms with Crippen molar-refractivity contribution in [3.05, 3.63) is 29.8 Å². The van der Waals surface area contributed by atoms with Gasteiger partial charge >= 0.3 is 6.18 Å². The zero-order valence-corrected chi connectivity index (χ0v) is 15.2. The van der Waals surface area contributed by atoms with Gasteiger partial charge in [0.25, 0.3) is 0 Å². The summed E-state index contributed by atoms with van der Waals surface area (Å²) in [5.74, 6) is 1.18. The highest BCUT2D eigenvalue weighted by Crippen LogP contribution is 2.19. The number of ether oxygens (including phenoxy) is 1. The molecule has 0 spiro atoms. The molecule has 1 aliphatic heterocycles. The molecule has 0 bridgehead atoms. The van der Waals surface area contributed by atoms with Gasteiger partial charge in [0.05, 0.1) is 11.5 Å². The lowest BCUT2D eigenvalue weighted by molar-refractivity contribution is -0.153. The molecule has 1 unspecified atom stereocenters. The molecule has 2 N–H and O–H groups in total. The molecule has 146 valence electrons. The lowest BCUT2D eigenvalue weighted by Crippen LogP contribution is -2.39. The van der Waals surface area contributed by atoms with E-state index in [2.05, 4.69) is 20.4 Å². The van der Waals surface area contributed by atoms with Gasteiger partial charge in [0.1, 0.15) is 5.75 Å². The third-order valence-electron chi connectivity index (χ3n) is 3.89.